The summed E-state index contributed by atoms with van der Waals surface area (Å²) in [5.74, 6) is -1.01. The van der Waals surface area contributed by atoms with Crippen molar-refractivity contribution in [2.45, 2.75) is 23.6 Å². The van der Waals surface area contributed by atoms with Gasteiger partial charge in [0.2, 0.25) is 0 Å². The van der Waals surface area contributed by atoms with Gasteiger partial charge in [-0.05, 0) is 121 Å². The third-order valence-electron chi connectivity index (χ3n) is 10.9. The van der Waals surface area contributed by atoms with Gasteiger partial charge in [-0.25, -0.2) is 8.42 Å². The zero-order valence-electron chi connectivity index (χ0n) is 38.7. The molecule has 0 radical (unpaired) electrons. The van der Waals surface area contributed by atoms with Gasteiger partial charge in [-0.3, -0.25) is 14.1 Å². The predicted octanol–water partition coefficient (Wildman–Crippen LogP) is 11.5. The second kappa shape index (κ2) is 23.4. The fourth-order valence-electron chi connectivity index (χ4n) is 7.13. The Kier molecular flexibility index (Phi) is 17.8. The molecule has 8 rings (SSSR count). The molecule has 0 atom stereocenters. The predicted molar refractivity (Wildman–Crippen MR) is 275 cm³/mol. The third-order valence-corrected chi connectivity index (χ3v) is 13.8. The number of nitrogens with one attached hydrogen (secondary N) is 2. The van der Waals surface area contributed by atoms with E-state index in [1.54, 1.807) is 103 Å². The van der Waals surface area contributed by atoms with Crippen LogP contribution < -0.4 is 25.2 Å². The molecule has 0 spiro atoms. The smallest absolute Gasteiger partial charge is 0.870 e. The number of phenolic OH excluding ortho intramolecular Hbond substituents is 1. The molecule has 0 fully saturated rings. The number of amides is 2. The number of hydrogen-bond acceptors (Lipinski definition) is 15. The minimum absolute atomic E-state index is 0. The molecule has 4 N–H and O–H groups in total. The standard InChI is InChI=1S/2C25H20ClN3O6S.Ca/c2*1-14-21(36(32,33)34)12-11-20(22(14)26)28-29-23-18-6-4-3-5-15(18)13-19(24(23)30)25(31)27-16-7-9-17(35-2)10-8-16;/h2*3-13,30H,1-2H3,(H,27,31)(H,32,33,34);/q;;+2/p-2. The quantitative estimate of drug-likeness (QED) is 0.0505. The minimum Gasteiger partial charge on any atom is -0.870 e. The summed E-state index contributed by atoms with van der Waals surface area (Å²) in [6, 6.07) is 34.9. The molecule has 2 amide bonds. The molecule has 0 saturated heterocycles. The van der Waals surface area contributed by atoms with Gasteiger partial charge in [0.05, 0.1) is 45.3 Å². The molecule has 0 aliphatic rings. The van der Waals surface area contributed by atoms with Crippen LogP contribution in [0, 0.1) is 13.8 Å². The van der Waals surface area contributed by atoms with Crippen molar-refractivity contribution >= 4 is 149 Å². The molecule has 0 saturated carbocycles. The van der Waals surface area contributed by atoms with E-state index in [0.717, 1.165) is 12.1 Å². The van der Waals surface area contributed by atoms with E-state index in [2.05, 4.69) is 31.1 Å². The summed E-state index contributed by atoms with van der Waals surface area (Å²) in [7, 11) is -6.14. The Morgan fingerprint density at radius 1 is 0.589 bits per heavy atom. The van der Waals surface area contributed by atoms with E-state index in [9.17, 15) is 45.7 Å². The van der Waals surface area contributed by atoms with E-state index in [1.807, 2.05) is 0 Å². The maximum absolute atomic E-state index is 13.3. The number of phenols is 1. The molecule has 8 aromatic rings. The van der Waals surface area contributed by atoms with Gasteiger partial charge in [0.15, 0.2) is 5.75 Å². The number of ether oxygens (including phenoxy) is 2. The molecule has 0 aromatic heterocycles. The van der Waals surface area contributed by atoms with E-state index in [4.69, 9.17) is 32.7 Å². The summed E-state index contributed by atoms with van der Waals surface area (Å²) in [5, 5.41) is 48.1. The Morgan fingerprint density at radius 2 is 1.00 bits per heavy atom. The molecule has 0 aliphatic carbocycles. The van der Waals surface area contributed by atoms with Crippen LogP contribution >= 0.6 is 23.2 Å². The topological polar surface area (TPSA) is 281 Å². The van der Waals surface area contributed by atoms with Gasteiger partial charge in [-0.1, -0.05) is 77.5 Å². The van der Waals surface area contributed by atoms with Gasteiger partial charge in [0.25, 0.3) is 21.9 Å². The number of aromatic hydroxyl groups is 1. The second-order valence-corrected chi connectivity index (χ2v) is 18.9. The first-order valence-electron chi connectivity index (χ1n) is 20.9. The number of nitrogens with zero attached hydrogens (tertiary/aromatic N) is 4. The summed E-state index contributed by atoms with van der Waals surface area (Å²) in [5.41, 5.74) is 1.00. The number of hydrogen-bond donors (Lipinski definition) is 4. The minimum atomic E-state index is -4.73. The van der Waals surface area contributed by atoms with Crippen molar-refractivity contribution in [3.63, 3.8) is 0 Å². The molecular weight excluding hydrogens is 1050 g/mol. The van der Waals surface area contributed by atoms with E-state index in [-0.39, 0.29) is 97.7 Å². The monoisotopic (exact) mass is 1090 g/mol. The van der Waals surface area contributed by atoms with Crippen molar-refractivity contribution in [3.8, 4) is 23.0 Å². The number of anilines is 2. The Balaban J connectivity index is 0.000000235. The number of carbonyl (C=O) groups excluding carboxylic acids is 2. The van der Waals surface area contributed by atoms with Gasteiger partial charge in [-0.2, -0.15) is 13.5 Å². The first-order valence-corrected chi connectivity index (χ1v) is 24.5. The average Bonchev–Trinajstić information content (AvgIpc) is 3.35. The molecular formula is C50H38CaCl2N6O12S2. The summed E-state index contributed by atoms with van der Waals surface area (Å²) in [6.45, 7) is 2.78. The number of rotatable bonds is 12. The first-order chi connectivity index (χ1) is 34.2. The van der Waals surface area contributed by atoms with Crippen LogP contribution in [0.5, 0.6) is 23.0 Å². The van der Waals surface area contributed by atoms with Crippen molar-refractivity contribution < 1.29 is 55.2 Å². The van der Waals surface area contributed by atoms with Crippen LogP contribution in [-0.4, -0.2) is 94.8 Å². The molecule has 0 heterocycles. The van der Waals surface area contributed by atoms with Crippen molar-refractivity contribution in [1.82, 2.24) is 0 Å². The molecule has 18 nitrogen and oxygen atoms in total. The van der Waals surface area contributed by atoms with E-state index in [1.165, 1.54) is 46.3 Å². The Hall–Kier alpha value is -6.72. The summed E-state index contributed by atoms with van der Waals surface area (Å²) >= 11 is 12.5. The van der Waals surface area contributed by atoms with Crippen LogP contribution in [0.15, 0.2) is 164 Å². The molecule has 23 heteroatoms. The summed E-state index contributed by atoms with van der Waals surface area (Å²) in [4.78, 5) is 25.2. The van der Waals surface area contributed by atoms with Crippen molar-refractivity contribution in [2.24, 2.45) is 20.5 Å². The fourth-order valence-corrected chi connectivity index (χ4v) is 9.09. The molecule has 8 aromatic carbocycles. The van der Waals surface area contributed by atoms with E-state index >= 15 is 0 Å². The van der Waals surface area contributed by atoms with Crippen molar-refractivity contribution in [2.75, 3.05) is 24.9 Å². The molecule has 0 aliphatic heterocycles. The van der Waals surface area contributed by atoms with Crippen LogP contribution in [0.1, 0.15) is 31.8 Å². The van der Waals surface area contributed by atoms with Gasteiger partial charge >= 0.3 is 37.7 Å². The average molecular weight is 1090 g/mol. The van der Waals surface area contributed by atoms with Crippen LogP contribution in [0.25, 0.3) is 21.5 Å². The van der Waals surface area contributed by atoms with Crippen molar-refractivity contribution in [1.29, 1.82) is 0 Å². The summed E-state index contributed by atoms with van der Waals surface area (Å²) < 4.78 is 76.8. The fraction of sp³-hybridized carbons (Fsp3) is 0.0800. The molecule has 368 valence electrons. The van der Waals surface area contributed by atoms with Gasteiger partial charge < -0.3 is 34.9 Å². The Labute approximate surface area is 457 Å². The van der Waals surface area contributed by atoms with Crippen LogP contribution in [-0.2, 0) is 20.2 Å². The Bertz CT molecular complexity index is 3490. The zero-order valence-corrected chi connectivity index (χ0v) is 44.1. The summed E-state index contributed by atoms with van der Waals surface area (Å²) in [6.07, 6.45) is 0. The number of methoxy groups -OCH3 is 2. The normalized spacial score (nSPS) is 11.5. The number of benzene rings is 8. The zero-order chi connectivity index (χ0) is 52.1. The van der Waals surface area contributed by atoms with Crippen LogP contribution in [0.3, 0.4) is 0 Å². The molecule has 0 bridgehead atoms. The number of halogens is 2. The SMILES string of the molecule is COc1ccc(NC(=O)c2cc3ccccc3c(N=Nc3ccc(S(=O)(=O)O)c(C)c3Cl)c2O)cc1.COc1ccc(NC(=O)c2cc3ccccc3c(N=Nc3ccc(S(=O)(=O)[O-])c(C)c3Cl)c2[O-])cc1.[Ca+2]. The largest absolute Gasteiger partial charge is 2.00 e. The number of carbonyl (C=O) groups is 2. The number of fused-ring (bicyclic) bond motifs is 2. The molecule has 73 heavy (non-hydrogen) atoms. The third kappa shape index (κ3) is 12.7. The van der Waals surface area contributed by atoms with Gasteiger partial charge in [-0.15, -0.1) is 15.3 Å². The van der Waals surface area contributed by atoms with Gasteiger partial charge in [0, 0.05) is 27.7 Å². The van der Waals surface area contributed by atoms with Crippen molar-refractivity contribution in [3.05, 3.63) is 166 Å². The molecule has 0 unspecified atom stereocenters. The Morgan fingerprint density at radius 3 is 1.47 bits per heavy atom. The van der Waals surface area contributed by atoms with E-state index < -0.39 is 48.4 Å². The van der Waals surface area contributed by atoms with Crippen LogP contribution in [0.4, 0.5) is 34.1 Å². The second-order valence-electron chi connectivity index (χ2n) is 15.4. The van der Waals surface area contributed by atoms with E-state index in [0.29, 0.717) is 44.4 Å². The maximum Gasteiger partial charge on any atom is 2.00 e. The number of azo groups is 2. The van der Waals surface area contributed by atoms with Crippen LogP contribution in [0.2, 0.25) is 10.0 Å². The first kappa shape index (κ1) is 55.6. The maximum atomic E-state index is 13.3. The van der Waals surface area contributed by atoms with Gasteiger partial charge in [0.1, 0.15) is 38.7 Å².